The second-order valence-electron chi connectivity index (χ2n) is 5.95. The summed E-state index contributed by atoms with van der Waals surface area (Å²) in [6.45, 7) is 3.68. The Hall–Kier alpha value is -0.120. The zero-order chi connectivity index (χ0) is 12.7. The standard InChI is InChI=1S/C14H30N2O/c1-12(8-9-13-6-4-5-7-13)15-10-14(17)11-16(2)3/h12-15,17H,4-11H2,1-3H3. The van der Waals surface area contributed by atoms with Gasteiger partial charge < -0.3 is 15.3 Å². The van der Waals surface area contributed by atoms with Gasteiger partial charge in [0.2, 0.25) is 0 Å². The second-order valence-corrected chi connectivity index (χ2v) is 5.95. The molecule has 0 radical (unpaired) electrons. The molecule has 0 heterocycles. The lowest BCUT2D eigenvalue weighted by Gasteiger charge is -2.20. The van der Waals surface area contributed by atoms with Crippen LogP contribution in [0.5, 0.6) is 0 Å². The van der Waals surface area contributed by atoms with E-state index in [0.29, 0.717) is 12.6 Å². The van der Waals surface area contributed by atoms with Gasteiger partial charge in [0, 0.05) is 19.1 Å². The summed E-state index contributed by atoms with van der Waals surface area (Å²) >= 11 is 0. The van der Waals surface area contributed by atoms with E-state index in [0.717, 1.165) is 12.5 Å². The number of hydrogen-bond acceptors (Lipinski definition) is 3. The number of aliphatic hydroxyl groups excluding tert-OH is 1. The topological polar surface area (TPSA) is 35.5 Å². The first-order valence-corrected chi connectivity index (χ1v) is 7.14. The van der Waals surface area contributed by atoms with E-state index < -0.39 is 0 Å². The quantitative estimate of drug-likeness (QED) is 0.682. The van der Waals surface area contributed by atoms with Gasteiger partial charge in [-0.1, -0.05) is 25.7 Å². The Bertz CT molecular complexity index is 191. The molecule has 2 atom stereocenters. The molecular formula is C14H30N2O. The third-order valence-corrected chi connectivity index (χ3v) is 3.76. The highest BCUT2D eigenvalue weighted by Gasteiger charge is 2.16. The zero-order valence-corrected chi connectivity index (χ0v) is 11.8. The minimum Gasteiger partial charge on any atom is -0.390 e. The summed E-state index contributed by atoms with van der Waals surface area (Å²) < 4.78 is 0. The highest BCUT2D eigenvalue weighted by molar-refractivity contribution is 4.72. The van der Waals surface area contributed by atoms with Gasteiger partial charge in [0.15, 0.2) is 0 Å². The van der Waals surface area contributed by atoms with Gasteiger partial charge in [-0.3, -0.25) is 0 Å². The van der Waals surface area contributed by atoms with Gasteiger partial charge >= 0.3 is 0 Å². The van der Waals surface area contributed by atoms with Crippen molar-refractivity contribution in [2.75, 3.05) is 27.2 Å². The van der Waals surface area contributed by atoms with Crippen molar-refractivity contribution in [3.05, 3.63) is 0 Å². The first-order valence-electron chi connectivity index (χ1n) is 7.14. The normalized spacial score (nSPS) is 21.0. The van der Waals surface area contributed by atoms with Crippen molar-refractivity contribution < 1.29 is 5.11 Å². The Morgan fingerprint density at radius 1 is 1.29 bits per heavy atom. The van der Waals surface area contributed by atoms with Gasteiger partial charge in [0.05, 0.1) is 6.10 Å². The molecular weight excluding hydrogens is 212 g/mol. The van der Waals surface area contributed by atoms with E-state index in [2.05, 4.69) is 12.2 Å². The van der Waals surface area contributed by atoms with Crippen LogP contribution in [-0.2, 0) is 0 Å². The van der Waals surface area contributed by atoms with E-state index in [-0.39, 0.29) is 6.10 Å². The van der Waals surface area contributed by atoms with Crippen molar-refractivity contribution in [1.82, 2.24) is 10.2 Å². The Kier molecular flexibility index (Phi) is 7.09. The Morgan fingerprint density at radius 2 is 1.94 bits per heavy atom. The predicted molar refractivity (Wildman–Crippen MR) is 73.2 cm³/mol. The summed E-state index contributed by atoms with van der Waals surface area (Å²) in [4.78, 5) is 2.02. The van der Waals surface area contributed by atoms with E-state index in [9.17, 15) is 5.11 Å². The third-order valence-electron chi connectivity index (χ3n) is 3.76. The molecule has 2 N–H and O–H groups in total. The lowest BCUT2D eigenvalue weighted by Crippen LogP contribution is -2.38. The van der Waals surface area contributed by atoms with Crippen molar-refractivity contribution in [2.24, 2.45) is 5.92 Å². The summed E-state index contributed by atoms with van der Waals surface area (Å²) in [7, 11) is 3.99. The van der Waals surface area contributed by atoms with E-state index in [4.69, 9.17) is 0 Å². The predicted octanol–water partition coefficient (Wildman–Crippen LogP) is 1.86. The largest absolute Gasteiger partial charge is 0.390 e. The van der Waals surface area contributed by atoms with Crippen LogP contribution in [0.2, 0.25) is 0 Å². The minimum atomic E-state index is -0.251. The highest BCUT2D eigenvalue weighted by Crippen LogP contribution is 2.28. The maximum atomic E-state index is 9.74. The number of nitrogens with one attached hydrogen (secondary N) is 1. The maximum Gasteiger partial charge on any atom is 0.0791 e. The molecule has 0 saturated heterocycles. The van der Waals surface area contributed by atoms with E-state index in [1.807, 2.05) is 19.0 Å². The van der Waals surface area contributed by atoms with Crippen molar-refractivity contribution in [2.45, 2.75) is 57.6 Å². The van der Waals surface area contributed by atoms with E-state index in [1.54, 1.807) is 0 Å². The first kappa shape index (κ1) is 14.9. The monoisotopic (exact) mass is 242 g/mol. The molecule has 0 amide bonds. The van der Waals surface area contributed by atoms with Crippen LogP contribution in [0.4, 0.5) is 0 Å². The van der Waals surface area contributed by atoms with Crippen molar-refractivity contribution in [3.8, 4) is 0 Å². The minimum absolute atomic E-state index is 0.251. The molecule has 0 spiro atoms. The van der Waals surface area contributed by atoms with E-state index in [1.165, 1.54) is 38.5 Å². The van der Waals surface area contributed by atoms with Crippen LogP contribution in [0.25, 0.3) is 0 Å². The van der Waals surface area contributed by atoms with Gasteiger partial charge in [0.25, 0.3) is 0 Å². The summed E-state index contributed by atoms with van der Waals surface area (Å²) in [6.07, 6.45) is 8.12. The summed E-state index contributed by atoms with van der Waals surface area (Å²) in [6, 6.07) is 0.535. The molecule has 0 aromatic carbocycles. The molecule has 0 aromatic heterocycles. The van der Waals surface area contributed by atoms with E-state index >= 15 is 0 Å². The number of aliphatic hydroxyl groups is 1. The van der Waals surface area contributed by atoms with Crippen molar-refractivity contribution in [3.63, 3.8) is 0 Å². The summed E-state index contributed by atoms with van der Waals surface area (Å²) in [5.74, 6) is 0.978. The maximum absolute atomic E-state index is 9.74. The number of rotatable bonds is 8. The fraction of sp³-hybridized carbons (Fsp3) is 1.00. The molecule has 1 saturated carbocycles. The lowest BCUT2D eigenvalue weighted by atomic mass is 9.99. The van der Waals surface area contributed by atoms with Crippen molar-refractivity contribution >= 4 is 0 Å². The molecule has 3 heteroatoms. The van der Waals surface area contributed by atoms with Gasteiger partial charge in [-0.15, -0.1) is 0 Å². The average Bonchev–Trinajstić information content (AvgIpc) is 2.75. The van der Waals surface area contributed by atoms with Crippen LogP contribution >= 0.6 is 0 Å². The Labute approximate surface area is 107 Å². The molecule has 102 valence electrons. The zero-order valence-electron chi connectivity index (χ0n) is 11.8. The number of nitrogens with zero attached hydrogens (tertiary/aromatic N) is 1. The van der Waals surface area contributed by atoms with Crippen LogP contribution in [-0.4, -0.2) is 49.3 Å². The van der Waals surface area contributed by atoms with Gasteiger partial charge in [-0.2, -0.15) is 0 Å². The van der Waals surface area contributed by atoms with Crippen molar-refractivity contribution in [1.29, 1.82) is 0 Å². The molecule has 0 aromatic rings. The smallest absolute Gasteiger partial charge is 0.0791 e. The molecule has 1 fully saturated rings. The van der Waals surface area contributed by atoms with Gasteiger partial charge in [-0.25, -0.2) is 0 Å². The van der Waals surface area contributed by atoms with Gasteiger partial charge in [0.1, 0.15) is 0 Å². The lowest BCUT2D eigenvalue weighted by molar-refractivity contribution is 0.131. The molecule has 1 rings (SSSR count). The Balaban J connectivity index is 2.01. The molecule has 3 nitrogen and oxygen atoms in total. The number of hydrogen-bond donors (Lipinski definition) is 2. The molecule has 1 aliphatic rings. The molecule has 1 aliphatic carbocycles. The van der Waals surface area contributed by atoms with Crippen LogP contribution < -0.4 is 5.32 Å². The second kappa shape index (κ2) is 8.06. The van der Waals surface area contributed by atoms with Crippen LogP contribution in [0, 0.1) is 5.92 Å². The average molecular weight is 242 g/mol. The van der Waals surface area contributed by atoms with Crippen LogP contribution in [0.15, 0.2) is 0 Å². The fourth-order valence-corrected chi connectivity index (χ4v) is 2.71. The molecule has 0 bridgehead atoms. The molecule has 2 unspecified atom stereocenters. The molecule has 0 aliphatic heterocycles. The van der Waals surface area contributed by atoms with Crippen LogP contribution in [0.1, 0.15) is 45.4 Å². The summed E-state index contributed by atoms with van der Waals surface area (Å²) in [5, 5.41) is 13.2. The Morgan fingerprint density at radius 3 is 2.53 bits per heavy atom. The molecule has 17 heavy (non-hydrogen) atoms. The fourth-order valence-electron chi connectivity index (χ4n) is 2.71. The SMILES string of the molecule is CC(CCC1CCCC1)NCC(O)CN(C)C. The number of likely N-dealkylation sites (N-methyl/N-ethyl adjacent to an activating group) is 1. The third kappa shape index (κ3) is 7.02. The van der Waals surface area contributed by atoms with Crippen LogP contribution in [0.3, 0.4) is 0 Å². The highest BCUT2D eigenvalue weighted by atomic mass is 16.3. The summed E-state index contributed by atoms with van der Waals surface area (Å²) in [5.41, 5.74) is 0. The first-order chi connectivity index (χ1) is 8.08. The van der Waals surface area contributed by atoms with Gasteiger partial charge in [-0.05, 0) is 39.8 Å².